The molecule has 4 nitrogen and oxygen atoms in total. The maximum absolute atomic E-state index is 13.3. The average Bonchev–Trinajstić information content (AvgIpc) is 2.61. The lowest BCUT2D eigenvalue weighted by Crippen LogP contribution is -2.40. The molecule has 0 aliphatic rings. The molecule has 154 valence electrons. The summed E-state index contributed by atoms with van der Waals surface area (Å²) in [5, 5.41) is 0.135. The number of benzene rings is 1. The van der Waals surface area contributed by atoms with Gasteiger partial charge in [-0.2, -0.15) is 0 Å². The van der Waals surface area contributed by atoms with Gasteiger partial charge < -0.3 is 13.9 Å². The molecule has 0 atom stereocenters. The van der Waals surface area contributed by atoms with Crippen molar-refractivity contribution in [1.82, 2.24) is 4.98 Å². The van der Waals surface area contributed by atoms with Crippen LogP contribution in [0.15, 0.2) is 30.5 Å². The minimum atomic E-state index is -1.88. The minimum Gasteiger partial charge on any atom is -0.493 e. The van der Waals surface area contributed by atoms with Gasteiger partial charge in [0.1, 0.15) is 17.3 Å². The van der Waals surface area contributed by atoms with E-state index in [1.54, 1.807) is 6.07 Å². The molecule has 0 saturated heterocycles. The Bertz CT molecular complexity index is 758. The van der Waals surface area contributed by atoms with E-state index in [1.165, 1.54) is 12.3 Å². The van der Waals surface area contributed by atoms with Gasteiger partial charge in [-0.15, -0.1) is 0 Å². The van der Waals surface area contributed by atoms with Crippen molar-refractivity contribution in [3.8, 4) is 22.8 Å². The van der Waals surface area contributed by atoms with Crippen LogP contribution in [0.25, 0.3) is 11.3 Å². The molecule has 0 fully saturated rings. The highest BCUT2D eigenvalue weighted by atomic mass is 28.4. The fourth-order valence-electron chi connectivity index (χ4n) is 2.52. The van der Waals surface area contributed by atoms with E-state index in [0.717, 1.165) is 11.1 Å². The van der Waals surface area contributed by atoms with Gasteiger partial charge in [0.25, 0.3) is 0 Å². The van der Waals surface area contributed by atoms with Crippen molar-refractivity contribution >= 4 is 8.32 Å². The van der Waals surface area contributed by atoms with E-state index in [1.807, 2.05) is 26.0 Å². The van der Waals surface area contributed by atoms with Crippen molar-refractivity contribution < 1.29 is 18.3 Å². The molecule has 1 heterocycles. The highest BCUT2D eigenvalue weighted by Crippen LogP contribution is 2.41. The van der Waals surface area contributed by atoms with E-state index >= 15 is 0 Å². The van der Waals surface area contributed by atoms with E-state index < -0.39 is 8.32 Å². The van der Waals surface area contributed by atoms with Crippen molar-refractivity contribution in [3.63, 3.8) is 0 Å². The van der Waals surface area contributed by atoms with Crippen molar-refractivity contribution in [1.29, 1.82) is 0 Å². The van der Waals surface area contributed by atoms with Gasteiger partial charge in [0.05, 0.1) is 37.3 Å². The third-order valence-corrected chi connectivity index (χ3v) is 9.59. The Kier molecular flexibility index (Phi) is 7.23. The summed E-state index contributed by atoms with van der Waals surface area (Å²) >= 11 is 0. The largest absolute Gasteiger partial charge is 0.493 e. The lowest BCUT2D eigenvalue weighted by Gasteiger charge is -2.36. The normalized spacial score (nSPS) is 12.1. The maximum Gasteiger partial charge on any atom is 0.192 e. The Morgan fingerprint density at radius 3 is 2.00 bits per heavy atom. The Morgan fingerprint density at radius 2 is 1.57 bits per heavy atom. The summed E-state index contributed by atoms with van der Waals surface area (Å²) in [4.78, 5) is 4.22. The van der Waals surface area contributed by atoms with Crippen molar-refractivity contribution in [3.05, 3.63) is 41.8 Å². The van der Waals surface area contributed by atoms with Crippen LogP contribution < -0.4 is 9.47 Å². The molecular formula is C22H32FNO3Si. The molecular weight excluding hydrogens is 373 g/mol. The van der Waals surface area contributed by atoms with Crippen LogP contribution in [0.1, 0.15) is 40.2 Å². The molecule has 0 unspecified atom stereocenters. The molecule has 0 aliphatic heterocycles. The van der Waals surface area contributed by atoms with Crippen molar-refractivity contribution in [2.24, 2.45) is 0 Å². The number of nitrogens with zero attached hydrogens (tertiary/aromatic N) is 1. The van der Waals surface area contributed by atoms with Gasteiger partial charge in [0.15, 0.2) is 8.32 Å². The molecule has 1 aromatic heterocycles. The maximum atomic E-state index is 13.3. The number of hydrogen-bond acceptors (Lipinski definition) is 4. The molecule has 0 aliphatic carbocycles. The zero-order valence-corrected chi connectivity index (χ0v) is 19.1. The van der Waals surface area contributed by atoms with E-state index in [-0.39, 0.29) is 10.9 Å². The minimum absolute atomic E-state index is 0.135. The Labute approximate surface area is 169 Å². The number of rotatable bonds is 8. The summed E-state index contributed by atoms with van der Waals surface area (Å²) in [6.45, 7) is 16.5. The molecule has 0 N–H and O–H groups in total. The fraction of sp³-hybridized carbons (Fsp3) is 0.500. The Balaban J connectivity index is 2.45. The first kappa shape index (κ1) is 22.4. The van der Waals surface area contributed by atoms with Crippen LogP contribution >= 0.6 is 0 Å². The first-order valence-electron chi connectivity index (χ1n) is 9.77. The molecule has 0 radical (unpaired) electrons. The molecule has 6 heteroatoms. The number of hydrogen-bond donors (Lipinski definition) is 0. The summed E-state index contributed by atoms with van der Waals surface area (Å²) in [7, 11) is -1.88. The second-order valence-corrected chi connectivity index (χ2v) is 13.1. The van der Waals surface area contributed by atoms with Gasteiger partial charge in [0, 0.05) is 0 Å². The van der Waals surface area contributed by atoms with Crippen LogP contribution in [0.5, 0.6) is 11.5 Å². The van der Waals surface area contributed by atoms with E-state index in [9.17, 15) is 4.39 Å². The number of pyridine rings is 1. The van der Waals surface area contributed by atoms with Crippen LogP contribution in [-0.4, -0.2) is 26.5 Å². The monoisotopic (exact) mass is 405 g/mol. The van der Waals surface area contributed by atoms with Gasteiger partial charge in [-0.3, -0.25) is 4.98 Å². The van der Waals surface area contributed by atoms with Crippen LogP contribution in [-0.2, 0) is 11.0 Å². The van der Waals surface area contributed by atoms with Crippen molar-refractivity contribution in [2.75, 3.05) is 13.2 Å². The topological polar surface area (TPSA) is 40.6 Å². The van der Waals surface area contributed by atoms with Gasteiger partial charge in [0.2, 0.25) is 0 Å². The lowest BCUT2D eigenvalue weighted by atomic mass is 10.1. The predicted molar refractivity (Wildman–Crippen MR) is 114 cm³/mol. The third-order valence-electron chi connectivity index (χ3n) is 5.11. The number of ether oxygens (including phenoxy) is 2. The van der Waals surface area contributed by atoms with Gasteiger partial charge in [-0.05, 0) is 61.8 Å². The zero-order chi connectivity index (χ0) is 20.9. The summed E-state index contributed by atoms with van der Waals surface area (Å²) in [6.07, 6.45) is 1.20. The lowest BCUT2D eigenvalue weighted by molar-refractivity contribution is 0.273. The van der Waals surface area contributed by atoms with Gasteiger partial charge in [-0.25, -0.2) is 4.39 Å². The molecule has 0 saturated carbocycles. The zero-order valence-electron chi connectivity index (χ0n) is 18.1. The SMILES string of the molecule is CCOc1cc(CO[Si](C)(C)C(C)(C)C)cc(OCC)c1-c1ccc(F)cn1. The quantitative estimate of drug-likeness (QED) is 0.490. The smallest absolute Gasteiger partial charge is 0.192 e. The predicted octanol–water partition coefficient (Wildman–Crippen LogP) is 6.21. The van der Waals surface area contributed by atoms with Gasteiger partial charge in [-0.1, -0.05) is 20.8 Å². The second kappa shape index (κ2) is 9.05. The molecule has 1 aromatic carbocycles. The molecule has 2 rings (SSSR count). The second-order valence-electron chi connectivity index (χ2n) is 8.24. The van der Waals surface area contributed by atoms with E-state index in [2.05, 4.69) is 38.8 Å². The average molecular weight is 406 g/mol. The standard InChI is InChI=1S/C22H32FNO3Si/c1-8-25-19-12-16(15-27-28(6,7)22(3,4)5)13-20(26-9-2)21(19)18-11-10-17(23)14-24-18/h10-14H,8-9,15H2,1-7H3. The van der Waals surface area contributed by atoms with Crippen LogP contribution in [0.2, 0.25) is 18.1 Å². The van der Waals surface area contributed by atoms with Gasteiger partial charge >= 0.3 is 0 Å². The molecule has 0 bridgehead atoms. The Hall–Kier alpha value is -1.92. The number of aromatic nitrogens is 1. The Morgan fingerprint density at radius 1 is 1.00 bits per heavy atom. The van der Waals surface area contributed by atoms with Crippen molar-refractivity contribution in [2.45, 2.75) is 59.4 Å². The summed E-state index contributed by atoms with van der Waals surface area (Å²) < 4.78 is 31.5. The van der Waals surface area contributed by atoms with Crippen LogP contribution in [0, 0.1) is 5.82 Å². The van der Waals surface area contributed by atoms with Crippen LogP contribution in [0.3, 0.4) is 0 Å². The molecule has 0 spiro atoms. The number of halogens is 1. The first-order chi connectivity index (χ1) is 13.1. The van der Waals surface area contributed by atoms with E-state index in [4.69, 9.17) is 13.9 Å². The summed E-state index contributed by atoms with van der Waals surface area (Å²) in [5.74, 6) is 0.960. The fourth-order valence-corrected chi connectivity index (χ4v) is 3.48. The summed E-state index contributed by atoms with van der Waals surface area (Å²) in [5.41, 5.74) is 2.34. The highest BCUT2D eigenvalue weighted by molar-refractivity contribution is 6.74. The molecule has 28 heavy (non-hydrogen) atoms. The highest BCUT2D eigenvalue weighted by Gasteiger charge is 2.37. The molecule has 2 aromatic rings. The summed E-state index contributed by atoms with van der Waals surface area (Å²) in [6, 6.07) is 6.98. The third kappa shape index (κ3) is 5.32. The van der Waals surface area contributed by atoms with E-state index in [0.29, 0.717) is 37.0 Å². The molecule has 0 amide bonds. The van der Waals surface area contributed by atoms with Crippen LogP contribution in [0.4, 0.5) is 4.39 Å². The first-order valence-corrected chi connectivity index (χ1v) is 12.7.